The quantitative estimate of drug-likeness (QED) is 0.843. The first kappa shape index (κ1) is 12.0. The third-order valence-electron chi connectivity index (χ3n) is 2.41. The molecule has 0 unspecified atom stereocenters. The highest BCUT2D eigenvalue weighted by Gasteiger charge is 2.10. The van der Waals surface area contributed by atoms with E-state index in [1.165, 1.54) is 0 Å². The molecule has 92 valence electrons. The second kappa shape index (κ2) is 5.22. The molecule has 2 heterocycles. The topological polar surface area (TPSA) is 93.8 Å². The van der Waals surface area contributed by atoms with Gasteiger partial charge in [0.2, 0.25) is 0 Å². The average Bonchev–Trinajstić information content (AvgIpc) is 2.39. The molecule has 0 aliphatic rings. The number of pyridine rings is 1. The average molecular weight is 243 g/mol. The van der Waals surface area contributed by atoms with Crippen LogP contribution in [0.25, 0.3) is 0 Å². The molecule has 0 aliphatic carbocycles. The highest BCUT2D eigenvalue weighted by molar-refractivity contribution is 5.92. The minimum absolute atomic E-state index is 0.212. The van der Waals surface area contributed by atoms with Crippen molar-refractivity contribution in [2.24, 2.45) is 5.73 Å². The van der Waals surface area contributed by atoms with E-state index in [9.17, 15) is 4.79 Å². The lowest BCUT2D eigenvalue weighted by Crippen LogP contribution is -2.17. The third-order valence-corrected chi connectivity index (χ3v) is 2.41. The van der Waals surface area contributed by atoms with Gasteiger partial charge in [0, 0.05) is 6.20 Å². The van der Waals surface area contributed by atoms with Gasteiger partial charge in [0.25, 0.3) is 5.91 Å². The number of aromatic nitrogens is 3. The zero-order valence-electron chi connectivity index (χ0n) is 9.92. The summed E-state index contributed by atoms with van der Waals surface area (Å²) in [5.41, 5.74) is 6.19. The van der Waals surface area contributed by atoms with Crippen LogP contribution in [0.4, 0.5) is 11.6 Å². The molecule has 2 aromatic rings. The van der Waals surface area contributed by atoms with Gasteiger partial charge in [-0.3, -0.25) is 4.79 Å². The Morgan fingerprint density at radius 3 is 2.78 bits per heavy atom. The summed E-state index contributed by atoms with van der Waals surface area (Å²) in [6.07, 6.45) is 2.33. The zero-order chi connectivity index (χ0) is 13.0. The predicted octanol–water partition coefficient (Wildman–Crippen LogP) is 1.28. The number of nitrogens with two attached hydrogens (primary N) is 1. The predicted molar refractivity (Wildman–Crippen MR) is 67.4 cm³/mol. The fourth-order valence-electron chi connectivity index (χ4n) is 1.54. The summed E-state index contributed by atoms with van der Waals surface area (Å²) >= 11 is 0. The van der Waals surface area contributed by atoms with Crippen molar-refractivity contribution in [3.63, 3.8) is 0 Å². The molecule has 0 spiro atoms. The standard InChI is InChI=1S/C12H13N5O/c1-2-8-7-10(16-17-11(8)12(13)18)15-9-5-3-4-6-14-9/h3-7H,2H2,1H3,(H2,13,18)(H,14,15,16). The Bertz CT molecular complexity index is 556. The van der Waals surface area contributed by atoms with Crippen molar-refractivity contribution in [1.82, 2.24) is 15.2 Å². The van der Waals surface area contributed by atoms with Gasteiger partial charge < -0.3 is 11.1 Å². The van der Waals surface area contributed by atoms with Gasteiger partial charge >= 0.3 is 0 Å². The summed E-state index contributed by atoms with van der Waals surface area (Å²) in [6, 6.07) is 7.25. The maximum atomic E-state index is 11.1. The minimum Gasteiger partial charge on any atom is -0.364 e. The first-order chi connectivity index (χ1) is 8.70. The Hall–Kier alpha value is -2.50. The number of amides is 1. The Morgan fingerprint density at radius 1 is 1.33 bits per heavy atom. The Kier molecular flexibility index (Phi) is 3.47. The molecular formula is C12H13N5O. The van der Waals surface area contributed by atoms with Crippen LogP contribution in [-0.2, 0) is 6.42 Å². The molecule has 6 heteroatoms. The smallest absolute Gasteiger partial charge is 0.269 e. The molecule has 0 aliphatic heterocycles. The lowest BCUT2D eigenvalue weighted by atomic mass is 10.1. The molecule has 0 atom stereocenters. The van der Waals surface area contributed by atoms with Gasteiger partial charge in [-0.15, -0.1) is 10.2 Å². The SMILES string of the molecule is CCc1cc(Nc2ccccn2)nnc1C(N)=O. The van der Waals surface area contributed by atoms with Crippen LogP contribution in [0.2, 0.25) is 0 Å². The highest BCUT2D eigenvalue weighted by Crippen LogP contribution is 2.14. The van der Waals surface area contributed by atoms with Crippen molar-refractivity contribution in [2.45, 2.75) is 13.3 Å². The van der Waals surface area contributed by atoms with Crippen molar-refractivity contribution in [2.75, 3.05) is 5.32 Å². The first-order valence-corrected chi connectivity index (χ1v) is 5.55. The van der Waals surface area contributed by atoms with E-state index in [-0.39, 0.29) is 5.69 Å². The van der Waals surface area contributed by atoms with E-state index in [0.717, 1.165) is 5.56 Å². The summed E-state index contributed by atoms with van der Waals surface area (Å²) in [5, 5.41) is 10.7. The number of hydrogen-bond acceptors (Lipinski definition) is 5. The lowest BCUT2D eigenvalue weighted by molar-refractivity contribution is 0.0993. The molecule has 0 fully saturated rings. The molecular weight excluding hydrogens is 230 g/mol. The fraction of sp³-hybridized carbons (Fsp3) is 0.167. The molecule has 2 aromatic heterocycles. The van der Waals surface area contributed by atoms with E-state index >= 15 is 0 Å². The highest BCUT2D eigenvalue weighted by atomic mass is 16.1. The summed E-state index contributed by atoms with van der Waals surface area (Å²) < 4.78 is 0. The first-order valence-electron chi connectivity index (χ1n) is 5.55. The maximum absolute atomic E-state index is 11.1. The van der Waals surface area contributed by atoms with Gasteiger partial charge in [-0.1, -0.05) is 13.0 Å². The number of anilines is 2. The molecule has 1 amide bonds. The van der Waals surface area contributed by atoms with Crippen molar-refractivity contribution in [1.29, 1.82) is 0 Å². The van der Waals surface area contributed by atoms with E-state index in [1.807, 2.05) is 25.1 Å². The number of carbonyl (C=O) groups excluding carboxylic acids is 1. The molecule has 0 bridgehead atoms. The monoisotopic (exact) mass is 243 g/mol. The van der Waals surface area contributed by atoms with Crippen LogP contribution in [0.15, 0.2) is 30.5 Å². The normalized spacial score (nSPS) is 10.1. The van der Waals surface area contributed by atoms with Gasteiger partial charge in [-0.25, -0.2) is 4.98 Å². The van der Waals surface area contributed by atoms with Gasteiger partial charge in [-0.2, -0.15) is 0 Å². The number of nitrogens with zero attached hydrogens (tertiary/aromatic N) is 3. The van der Waals surface area contributed by atoms with E-state index in [0.29, 0.717) is 18.1 Å². The number of nitrogens with one attached hydrogen (secondary N) is 1. The van der Waals surface area contributed by atoms with Crippen molar-refractivity contribution >= 4 is 17.5 Å². The molecule has 2 rings (SSSR count). The number of aryl methyl sites for hydroxylation is 1. The second-order valence-corrected chi connectivity index (χ2v) is 3.66. The van der Waals surface area contributed by atoms with Gasteiger partial charge in [0.05, 0.1) is 0 Å². The van der Waals surface area contributed by atoms with E-state index < -0.39 is 5.91 Å². The Morgan fingerprint density at radius 2 is 2.17 bits per heavy atom. The molecule has 3 N–H and O–H groups in total. The van der Waals surface area contributed by atoms with Crippen LogP contribution < -0.4 is 11.1 Å². The molecule has 0 radical (unpaired) electrons. The van der Waals surface area contributed by atoms with E-state index in [2.05, 4.69) is 20.5 Å². The molecule has 0 saturated carbocycles. The number of hydrogen-bond donors (Lipinski definition) is 2. The molecule has 0 aromatic carbocycles. The van der Waals surface area contributed by atoms with Crippen LogP contribution in [-0.4, -0.2) is 21.1 Å². The maximum Gasteiger partial charge on any atom is 0.269 e. The van der Waals surface area contributed by atoms with Crippen LogP contribution in [0.3, 0.4) is 0 Å². The van der Waals surface area contributed by atoms with E-state index in [4.69, 9.17) is 5.73 Å². The van der Waals surface area contributed by atoms with Gasteiger partial charge in [0.15, 0.2) is 11.5 Å². The number of primary amides is 1. The summed E-state index contributed by atoms with van der Waals surface area (Å²) in [5.74, 6) is 0.639. The third kappa shape index (κ3) is 2.60. The van der Waals surface area contributed by atoms with Crippen LogP contribution in [0, 0.1) is 0 Å². The van der Waals surface area contributed by atoms with Crippen molar-refractivity contribution in [3.8, 4) is 0 Å². The molecule has 6 nitrogen and oxygen atoms in total. The summed E-state index contributed by atoms with van der Waals surface area (Å²) in [7, 11) is 0. The Labute approximate surface area is 104 Å². The second-order valence-electron chi connectivity index (χ2n) is 3.66. The molecule has 0 saturated heterocycles. The zero-order valence-corrected chi connectivity index (χ0v) is 9.92. The largest absolute Gasteiger partial charge is 0.364 e. The van der Waals surface area contributed by atoms with Crippen molar-refractivity contribution < 1.29 is 4.79 Å². The fourth-order valence-corrected chi connectivity index (χ4v) is 1.54. The van der Waals surface area contributed by atoms with Gasteiger partial charge in [-0.05, 0) is 30.2 Å². The Balaban J connectivity index is 2.28. The van der Waals surface area contributed by atoms with Gasteiger partial charge in [0.1, 0.15) is 5.82 Å². The lowest BCUT2D eigenvalue weighted by Gasteiger charge is -2.07. The van der Waals surface area contributed by atoms with Crippen molar-refractivity contribution in [3.05, 3.63) is 41.7 Å². The summed E-state index contributed by atoms with van der Waals surface area (Å²) in [4.78, 5) is 15.3. The molecule has 18 heavy (non-hydrogen) atoms. The van der Waals surface area contributed by atoms with E-state index in [1.54, 1.807) is 12.3 Å². The number of rotatable bonds is 4. The van der Waals surface area contributed by atoms with Crippen LogP contribution in [0.5, 0.6) is 0 Å². The minimum atomic E-state index is -0.566. The van der Waals surface area contributed by atoms with Crippen LogP contribution >= 0.6 is 0 Å². The van der Waals surface area contributed by atoms with Crippen LogP contribution in [0.1, 0.15) is 23.0 Å². The summed E-state index contributed by atoms with van der Waals surface area (Å²) in [6.45, 7) is 1.92. The number of carbonyl (C=O) groups is 1.